The second-order valence-electron chi connectivity index (χ2n) is 4.86. The molecule has 2 rings (SSSR count). The molecule has 0 aliphatic carbocycles. The van der Waals surface area contributed by atoms with Crippen LogP contribution in [0.5, 0.6) is 0 Å². The van der Waals surface area contributed by atoms with Crippen molar-refractivity contribution in [3.63, 3.8) is 0 Å². The van der Waals surface area contributed by atoms with Crippen molar-refractivity contribution >= 4 is 0 Å². The van der Waals surface area contributed by atoms with Gasteiger partial charge in [0.15, 0.2) is 0 Å². The Hall–Kier alpha value is -1.95. The van der Waals surface area contributed by atoms with Gasteiger partial charge in [-0.1, -0.05) is 19.9 Å². The van der Waals surface area contributed by atoms with Crippen molar-refractivity contribution < 1.29 is 8.81 Å². The largest absolute Gasteiger partial charge is 0.434 e. The molecule has 0 unspecified atom stereocenters. The third-order valence-corrected chi connectivity index (χ3v) is 3.69. The number of nitrogens with one attached hydrogen (secondary N) is 1. The molecule has 1 aromatic carbocycles. The van der Waals surface area contributed by atoms with Gasteiger partial charge < -0.3 is 10.2 Å². The Balaban J connectivity index is 2.42. The molecule has 5 nitrogen and oxygen atoms in total. The Morgan fingerprint density at radius 2 is 2.20 bits per heavy atom. The van der Waals surface area contributed by atoms with E-state index < -0.39 is 11.8 Å². The van der Waals surface area contributed by atoms with Gasteiger partial charge in [-0.15, -0.1) is 5.10 Å². The van der Waals surface area contributed by atoms with E-state index in [-0.39, 0.29) is 17.6 Å². The smallest absolute Gasteiger partial charge is 0.391 e. The molecule has 2 aromatic rings. The molecule has 0 saturated heterocycles. The molecular formula is C14H18FN3O2. The third kappa shape index (κ3) is 2.51. The number of aryl methyl sites for hydroxylation is 1. The maximum absolute atomic E-state index is 14.1. The number of hydrogen-bond acceptors (Lipinski definition) is 4. The minimum atomic E-state index is -0.686. The van der Waals surface area contributed by atoms with E-state index in [1.807, 2.05) is 13.8 Å². The topological polar surface area (TPSA) is 84.9 Å². The zero-order chi connectivity index (χ0) is 14.9. The van der Waals surface area contributed by atoms with Crippen LogP contribution in [0, 0.1) is 12.7 Å². The fourth-order valence-corrected chi connectivity index (χ4v) is 2.46. The summed E-state index contributed by atoms with van der Waals surface area (Å²) in [5.74, 6) is -1.24. The zero-order valence-electron chi connectivity index (χ0n) is 11.7. The predicted molar refractivity (Wildman–Crippen MR) is 73.0 cm³/mol. The number of aromatic nitrogens is 2. The molecule has 0 aliphatic heterocycles. The molecule has 6 heteroatoms. The van der Waals surface area contributed by atoms with Crippen LogP contribution in [-0.4, -0.2) is 10.2 Å². The van der Waals surface area contributed by atoms with Crippen LogP contribution in [0.4, 0.5) is 4.39 Å². The van der Waals surface area contributed by atoms with Crippen LogP contribution in [-0.2, 0) is 6.42 Å². The van der Waals surface area contributed by atoms with Gasteiger partial charge >= 0.3 is 5.76 Å². The summed E-state index contributed by atoms with van der Waals surface area (Å²) in [5.41, 5.74) is 8.53. The number of nitrogens with two attached hydrogens (primary N) is 1. The quantitative estimate of drug-likeness (QED) is 0.898. The Morgan fingerprint density at radius 3 is 2.75 bits per heavy atom. The van der Waals surface area contributed by atoms with E-state index in [1.165, 1.54) is 6.07 Å². The monoisotopic (exact) mass is 279 g/mol. The van der Waals surface area contributed by atoms with Gasteiger partial charge in [0.1, 0.15) is 5.82 Å². The summed E-state index contributed by atoms with van der Waals surface area (Å²) < 4.78 is 19.0. The molecule has 0 fully saturated rings. The van der Waals surface area contributed by atoms with E-state index in [1.54, 1.807) is 13.0 Å². The van der Waals surface area contributed by atoms with Crippen molar-refractivity contribution in [1.82, 2.24) is 10.2 Å². The van der Waals surface area contributed by atoms with Crippen molar-refractivity contribution in [2.24, 2.45) is 5.73 Å². The number of nitrogens with zero attached hydrogens (tertiary/aromatic N) is 1. The molecule has 0 saturated carbocycles. The summed E-state index contributed by atoms with van der Waals surface area (Å²) in [5, 5.41) is 5.87. The number of halogens is 1. The van der Waals surface area contributed by atoms with Gasteiger partial charge in [0.25, 0.3) is 0 Å². The summed E-state index contributed by atoms with van der Waals surface area (Å²) in [6, 6.07) is 2.54. The van der Waals surface area contributed by atoms with Crippen LogP contribution in [0.15, 0.2) is 21.3 Å². The Kier molecular flexibility index (Phi) is 4.04. The first-order valence-corrected chi connectivity index (χ1v) is 6.54. The van der Waals surface area contributed by atoms with Gasteiger partial charge in [-0.25, -0.2) is 14.3 Å². The molecule has 1 heterocycles. The standard InChI is InChI=1S/C14H18FN3O2/c1-4-9-5-6-10(15)11(7(9)2)8(3)12(16)13-17-18-14(19)20-13/h5-6,8,12H,4,16H2,1-3H3,(H,18,19)/t8-,12+/m1/s1. The summed E-state index contributed by atoms with van der Waals surface area (Å²) in [6.45, 7) is 5.69. The van der Waals surface area contributed by atoms with Gasteiger partial charge in [0.2, 0.25) is 5.89 Å². The molecule has 0 spiro atoms. The Morgan fingerprint density at radius 1 is 1.50 bits per heavy atom. The van der Waals surface area contributed by atoms with Crippen molar-refractivity contribution in [1.29, 1.82) is 0 Å². The van der Waals surface area contributed by atoms with Gasteiger partial charge in [0.05, 0.1) is 6.04 Å². The highest BCUT2D eigenvalue weighted by molar-refractivity contribution is 5.38. The first-order chi connectivity index (χ1) is 9.45. The van der Waals surface area contributed by atoms with Crippen LogP contribution in [0.2, 0.25) is 0 Å². The van der Waals surface area contributed by atoms with E-state index in [4.69, 9.17) is 10.2 Å². The van der Waals surface area contributed by atoms with Crippen molar-refractivity contribution in [2.45, 2.75) is 39.2 Å². The van der Waals surface area contributed by atoms with E-state index in [0.29, 0.717) is 5.56 Å². The van der Waals surface area contributed by atoms with Crippen LogP contribution < -0.4 is 11.5 Å². The van der Waals surface area contributed by atoms with E-state index >= 15 is 0 Å². The van der Waals surface area contributed by atoms with Gasteiger partial charge in [-0.3, -0.25) is 0 Å². The predicted octanol–water partition coefficient (Wildman–Crippen LogP) is 2.18. The minimum Gasteiger partial charge on any atom is -0.391 e. The first-order valence-electron chi connectivity index (χ1n) is 6.54. The first kappa shape index (κ1) is 14.5. The average Bonchev–Trinajstić information content (AvgIpc) is 2.84. The van der Waals surface area contributed by atoms with Crippen molar-refractivity contribution in [2.75, 3.05) is 0 Å². The molecule has 0 amide bonds. The van der Waals surface area contributed by atoms with E-state index in [9.17, 15) is 9.18 Å². The SMILES string of the molecule is CCc1ccc(F)c([C@@H](C)[C@H](N)c2n[nH]c(=O)o2)c1C. The highest BCUT2D eigenvalue weighted by Crippen LogP contribution is 2.32. The molecule has 2 atom stereocenters. The molecule has 0 radical (unpaired) electrons. The lowest BCUT2D eigenvalue weighted by Crippen LogP contribution is -2.20. The second-order valence-corrected chi connectivity index (χ2v) is 4.86. The van der Waals surface area contributed by atoms with Gasteiger partial charge in [0, 0.05) is 5.92 Å². The minimum absolute atomic E-state index is 0.0863. The number of H-pyrrole nitrogens is 1. The highest BCUT2D eigenvalue weighted by atomic mass is 19.1. The number of rotatable bonds is 4. The lowest BCUT2D eigenvalue weighted by Gasteiger charge is -2.21. The van der Waals surface area contributed by atoms with Crippen LogP contribution in [0.1, 0.15) is 48.4 Å². The highest BCUT2D eigenvalue weighted by Gasteiger charge is 2.26. The van der Waals surface area contributed by atoms with Crippen LogP contribution in [0.3, 0.4) is 0 Å². The van der Waals surface area contributed by atoms with E-state index in [2.05, 4.69) is 10.2 Å². The molecular weight excluding hydrogens is 261 g/mol. The molecule has 3 N–H and O–H groups in total. The average molecular weight is 279 g/mol. The summed E-state index contributed by atoms with van der Waals surface area (Å²) >= 11 is 0. The Labute approximate surface area is 116 Å². The zero-order valence-corrected chi connectivity index (χ0v) is 11.7. The summed E-state index contributed by atoms with van der Waals surface area (Å²) in [7, 11) is 0. The Bertz CT molecular complexity index is 663. The maximum Gasteiger partial charge on any atom is 0.434 e. The molecule has 0 bridgehead atoms. The molecule has 108 valence electrons. The second kappa shape index (κ2) is 5.58. The van der Waals surface area contributed by atoms with E-state index in [0.717, 1.165) is 17.5 Å². The molecule has 0 aliphatic rings. The number of benzene rings is 1. The normalized spacial score (nSPS) is 14.2. The third-order valence-electron chi connectivity index (χ3n) is 3.69. The fourth-order valence-electron chi connectivity index (χ4n) is 2.46. The van der Waals surface area contributed by atoms with Gasteiger partial charge in [-0.05, 0) is 36.1 Å². The van der Waals surface area contributed by atoms with Crippen LogP contribution >= 0.6 is 0 Å². The summed E-state index contributed by atoms with van der Waals surface area (Å²) in [6.07, 6.45) is 0.818. The number of hydrogen-bond donors (Lipinski definition) is 2. The van der Waals surface area contributed by atoms with Crippen molar-refractivity contribution in [3.8, 4) is 0 Å². The summed E-state index contributed by atoms with van der Waals surface area (Å²) in [4.78, 5) is 11.0. The lowest BCUT2D eigenvalue weighted by molar-refractivity contribution is 0.396. The molecule has 20 heavy (non-hydrogen) atoms. The van der Waals surface area contributed by atoms with Gasteiger partial charge in [-0.2, -0.15) is 0 Å². The van der Waals surface area contributed by atoms with Crippen LogP contribution in [0.25, 0.3) is 0 Å². The molecule has 1 aromatic heterocycles. The number of aromatic amines is 1. The maximum atomic E-state index is 14.1. The lowest BCUT2D eigenvalue weighted by atomic mass is 9.87. The fraction of sp³-hybridized carbons (Fsp3) is 0.429. The van der Waals surface area contributed by atoms with Crippen molar-refractivity contribution in [3.05, 3.63) is 51.1 Å².